The Hall–Kier alpha value is -5.69. The lowest BCUT2D eigenvalue weighted by Crippen LogP contribution is -2.53. The highest BCUT2D eigenvalue weighted by molar-refractivity contribution is 5.84. The van der Waals surface area contributed by atoms with E-state index in [1.54, 1.807) is 4.90 Å². The first-order valence-corrected chi connectivity index (χ1v) is 19.1. The molecule has 7 heteroatoms. The van der Waals surface area contributed by atoms with E-state index < -0.39 is 35.8 Å². The van der Waals surface area contributed by atoms with Gasteiger partial charge in [0.15, 0.2) is 0 Å². The van der Waals surface area contributed by atoms with Gasteiger partial charge in [-0.1, -0.05) is 135 Å². The van der Waals surface area contributed by atoms with E-state index >= 15 is 0 Å². The van der Waals surface area contributed by atoms with Gasteiger partial charge in [-0.05, 0) is 95.5 Å². The number of fused-ring (bicyclic) bond motifs is 1. The first-order chi connectivity index (χ1) is 26.2. The predicted molar refractivity (Wildman–Crippen MR) is 213 cm³/mol. The van der Waals surface area contributed by atoms with E-state index in [1.165, 1.54) is 11.1 Å². The standard InChI is InChI=1S/C47H50N2O5/c1-33(2)31-49(32-41(22-21-34-13-6-3-7-14-34)46(52)54-42-28-27-37-19-12-20-40(37)30-42)47(53)48-44(45(50)51)43(29-35-15-8-4-9-16-35)39-25-23-38(24-26-39)36-17-10-5-11-18-36/h3-11,13-18,23-28,30,33,41,43-44H,12,19-22,29,31-32H2,1-2H3,(H,48,53)(H,50,51)/t41-,43?,44-/m0/s1. The minimum absolute atomic E-state index is 0.0622. The van der Waals surface area contributed by atoms with Crippen LogP contribution in [0, 0.1) is 11.8 Å². The van der Waals surface area contributed by atoms with Crippen LogP contribution in [0.25, 0.3) is 11.1 Å². The van der Waals surface area contributed by atoms with Gasteiger partial charge in [0.2, 0.25) is 0 Å². The van der Waals surface area contributed by atoms with Gasteiger partial charge in [-0.15, -0.1) is 0 Å². The number of carbonyl (C=O) groups excluding carboxylic acids is 2. The third kappa shape index (κ3) is 10.2. The van der Waals surface area contributed by atoms with Crippen LogP contribution in [0.15, 0.2) is 133 Å². The van der Waals surface area contributed by atoms with Crippen LogP contribution in [0.5, 0.6) is 5.75 Å². The molecule has 0 radical (unpaired) electrons. The maximum Gasteiger partial charge on any atom is 0.326 e. The summed E-state index contributed by atoms with van der Waals surface area (Å²) in [5, 5.41) is 13.7. The summed E-state index contributed by atoms with van der Waals surface area (Å²) in [6.45, 7) is 4.43. The van der Waals surface area contributed by atoms with Crippen molar-refractivity contribution in [3.8, 4) is 16.9 Å². The molecule has 2 amide bonds. The minimum Gasteiger partial charge on any atom is -0.480 e. The Morgan fingerprint density at radius 3 is 1.98 bits per heavy atom. The number of hydrogen-bond acceptors (Lipinski definition) is 4. The van der Waals surface area contributed by atoms with Crippen molar-refractivity contribution in [1.29, 1.82) is 0 Å². The predicted octanol–water partition coefficient (Wildman–Crippen LogP) is 9.14. The third-order valence-electron chi connectivity index (χ3n) is 10.3. The number of ether oxygens (including phenoxy) is 1. The van der Waals surface area contributed by atoms with Crippen molar-refractivity contribution in [3.63, 3.8) is 0 Å². The molecule has 1 unspecified atom stereocenters. The first-order valence-electron chi connectivity index (χ1n) is 19.1. The zero-order valence-electron chi connectivity index (χ0n) is 31.2. The number of esters is 1. The van der Waals surface area contributed by atoms with E-state index in [4.69, 9.17) is 4.74 Å². The molecular formula is C47H50N2O5. The number of carbonyl (C=O) groups is 3. The Kier molecular flexibility index (Phi) is 12.9. The van der Waals surface area contributed by atoms with Crippen LogP contribution < -0.4 is 10.1 Å². The van der Waals surface area contributed by atoms with Crippen molar-refractivity contribution in [2.75, 3.05) is 13.1 Å². The Labute approximate surface area is 319 Å². The second kappa shape index (κ2) is 18.4. The SMILES string of the molecule is CC(C)CN(C[C@H](CCc1ccccc1)C(=O)Oc1ccc2c(c1)CCC2)C(=O)N[C@H](C(=O)O)C(Cc1ccccc1)c1ccc(-c2ccccc2)cc1. The largest absolute Gasteiger partial charge is 0.480 e. The molecule has 278 valence electrons. The molecule has 0 bridgehead atoms. The van der Waals surface area contributed by atoms with Crippen molar-refractivity contribution in [2.45, 2.75) is 64.3 Å². The maximum atomic E-state index is 14.3. The van der Waals surface area contributed by atoms with Gasteiger partial charge in [0.25, 0.3) is 0 Å². The van der Waals surface area contributed by atoms with Gasteiger partial charge in [0.05, 0.1) is 5.92 Å². The van der Waals surface area contributed by atoms with Gasteiger partial charge in [-0.2, -0.15) is 0 Å². The lowest BCUT2D eigenvalue weighted by Gasteiger charge is -2.32. The fraction of sp³-hybridized carbons (Fsp3) is 0.298. The molecule has 54 heavy (non-hydrogen) atoms. The lowest BCUT2D eigenvalue weighted by atomic mass is 9.85. The monoisotopic (exact) mass is 722 g/mol. The third-order valence-corrected chi connectivity index (χ3v) is 10.3. The van der Waals surface area contributed by atoms with E-state index in [2.05, 4.69) is 5.32 Å². The fourth-order valence-electron chi connectivity index (χ4n) is 7.44. The van der Waals surface area contributed by atoms with Gasteiger partial charge in [-0.3, -0.25) is 4.79 Å². The van der Waals surface area contributed by atoms with Gasteiger partial charge in [0, 0.05) is 19.0 Å². The zero-order chi connectivity index (χ0) is 37.9. The molecule has 3 atom stereocenters. The van der Waals surface area contributed by atoms with E-state index in [0.29, 0.717) is 31.6 Å². The molecule has 6 rings (SSSR count). The molecule has 0 heterocycles. The molecule has 0 aromatic heterocycles. The zero-order valence-corrected chi connectivity index (χ0v) is 31.2. The lowest BCUT2D eigenvalue weighted by molar-refractivity contribution is -0.141. The summed E-state index contributed by atoms with van der Waals surface area (Å²) in [6.07, 6.45) is 4.58. The highest BCUT2D eigenvalue weighted by Gasteiger charge is 2.34. The summed E-state index contributed by atoms with van der Waals surface area (Å²) in [6, 6.07) is 41.7. The van der Waals surface area contributed by atoms with E-state index in [1.807, 2.05) is 147 Å². The normalized spacial score (nSPS) is 13.8. The van der Waals surface area contributed by atoms with Crippen molar-refractivity contribution in [1.82, 2.24) is 10.2 Å². The van der Waals surface area contributed by atoms with Crippen LogP contribution in [-0.4, -0.2) is 47.1 Å². The molecule has 0 spiro atoms. The Bertz CT molecular complexity index is 1980. The number of aryl methyl sites for hydroxylation is 3. The van der Waals surface area contributed by atoms with Crippen LogP contribution in [0.3, 0.4) is 0 Å². The number of hydrogen-bond donors (Lipinski definition) is 2. The Morgan fingerprint density at radius 1 is 0.722 bits per heavy atom. The van der Waals surface area contributed by atoms with E-state index in [9.17, 15) is 19.5 Å². The number of amides is 2. The molecule has 0 fully saturated rings. The molecule has 7 nitrogen and oxygen atoms in total. The number of carboxylic acid groups (broad SMARTS) is 1. The quantitative estimate of drug-likeness (QED) is 0.0783. The molecule has 2 N–H and O–H groups in total. The van der Waals surface area contributed by atoms with Gasteiger partial charge >= 0.3 is 18.0 Å². The first kappa shape index (κ1) is 38.0. The van der Waals surface area contributed by atoms with Crippen molar-refractivity contribution in [2.24, 2.45) is 11.8 Å². The molecule has 0 saturated carbocycles. The van der Waals surface area contributed by atoms with Crippen molar-refractivity contribution < 1.29 is 24.2 Å². The summed E-state index contributed by atoms with van der Waals surface area (Å²) in [4.78, 5) is 43.0. The number of aliphatic carboxylic acids is 1. The number of nitrogens with one attached hydrogen (secondary N) is 1. The number of nitrogens with zero attached hydrogens (tertiary/aromatic N) is 1. The summed E-state index contributed by atoms with van der Waals surface area (Å²) >= 11 is 0. The number of urea groups is 1. The highest BCUT2D eigenvalue weighted by Crippen LogP contribution is 2.30. The second-order valence-corrected chi connectivity index (χ2v) is 14.8. The van der Waals surface area contributed by atoms with E-state index in [0.717, 1.165) is 47.1 Å². The van der Waals surface area contributed by atoms with E-state index in [-0.39, 0.29) is 12.5 Å². The number of rotatable bonds is 16. The number of benzene rings is 5. The van der Waals surface area contributed by atoms with Gasteiger partial charge < -0.3 is 20.1 Å². The molecule has 0 aliphatic heterocycles. The molecule has 5 aromatic carbocycles. The average molecular weight is 723 g/mol. The number of carboxylic acids is 1. The van der Waals surface area contributed by atoms with Crippen LogP contribution in [0.2, 0.25) is 0 Å². The summed E-state index contributed by atoms with van der Waals surface area (Å²) in [5.41, 5.74) is 7.44. The van der Waals surface area contributed by atoms with Gasteiger partial charge in [0.1, 0.15) is 11.8 Å². The molecule has 5 aromatic rings. The summed E-state index contributed by atoms with van der Waals surface area (Å²) < 4.78 is 6.01. The van der Waals surface area contributed by atoms with Crippen LogP contribution in [0.4, 0.5) is 4.79 Å². The van der Waals surface area contributed by atoms with Crippen LogP contribution in [-0.2, 0) is 35.3 Å². The Morgan fingerprint density at radius 2 is 1.33 bits per heavy atom. The molecule has 1 aliphatic rings. The molecule has 0 saturated heterocycles. The topological polar surface area (TPSA) is 95.9 Å². The molecular weight excluding hydrogens is 673 g/mol. The second-order valence-electron chi connectivity index (χ2n) is 14.8. The summed E-state index contributed by atoms with van der Waals surface area (Å²) in [5.74, 6) is -2.17. The van der Waals surface area contributed by atoms with Crippen LogP contribution >= 0.6 is 0 Å². The van der Waals surface area contributed by atoms with Crippen LogP contribution in [0.1, 0.15) is 60.4 Å². The fourth-order valence-corrected chi connectivity index (χ4v) is 7.44. The van der Waals surface area contributed by atoms with Gasteiger partial charge in [-0.25, -0.2) is 9.59 Å². The molecule has 1 aliphatic carbocycles. The summed E-state index contributed by atoms with van der Waals surface area (Å²) in [7, 11) is 0. The van der Waals surface area contributed by atoms with Crippen molar-refractivity contribution in [3.05, 3.63) is 161 Å². The Balaban J connectivity index is 1.26. The highest BCUT2D eigenvalue weighted by atomic mass is 16.5. The average Bonchev–Trinajstić information content (AvgIpc) is 3.66. The minimum atomic E-state index is -1.24. The maximum absolute atomic E-state index is 14.3. The van der Waals surface area contributed by atoms with Crippen molar-refractivity contribution >= 4 is 18.0 Å². The smallest absolute Gasteiger partial charge is 0.326 e.